The Hall–Kier alpha value is -2.08. The third-order valence-corrected chi connectivity index (χ3v) is 3.16. The largest absolute Gasteiger partial charge is 0.476 e. The SMILES string of the molecule is CCOC(=O)CCOCCOCCOCCOCCOC(=O)CCC(=O)C(=O)O. The number of carbonyl (C=O) groups excluding carboxylic acids is 3. The number of hydrogen-bond donors (Lipinski definition) is 1. The predicted octanol–water partition coefficient (Wildman–Crippen LogP) is -0.0169. The Bertz CT molecular complexity index is 478. The van der Waals surface area contributed by atoms with Crippen LogP contribution in [0.25, 0.3) is 0 Å². The molecule has 0 radical (unpaired) electrons. The minimum absolute atomic E-state index is 0.0133. The van der Waals surface area contributed by atoms with E-state index in [1.54, 1.807) is 6.92 Å². The summed E-state index contributed by atoms with van der Waals surface area (Å²) in [6, 6.07) is 0. The van der Waals surface area contributed by atoms with Gasteiger partial charge in [-0.2, -0.15) is 0 Å². The molecule has 11 nitrogen and oxygen atoms in total. The number of ketones is 1. The molecular weight excluding hydrogens is 392 g/mol. The molecule has 0 aromatic carbocycles. The van der Waals surface area contributed by atoms with Gasteiger partial charge in [-0.15, -0.1) is 0 Å². The van der Waals surface area contributed by atoms with Crippen molar-refractivity contribution in [3.05, 3.63) is 0 Å². The molecule has 0 aromatic heterocycles. The maximum absolute atomic E-state index is 11.3. The van der Waals surface area contributed by atoms with E-state index in [0.29, 0.717) is 52.9 Å². The topological polar surface area (TPSA) is 144 Å². The Labute approximate surface area is 169 Å². The molecule has 0 atom stereocenters. The van der Waals surface area contributed by atoms with Crippen molar-refractivity contribution < 1.29 is 52.7 Å². The molecule has 0 bridgehead atoms. The highest BCUT2D eigenvalue weighted by Crippen LogP contribution is 1.95. The van der Waals surface area contributed by atoms with Crippen molar-refractivity contribution in [1.29, 1.82) is 0 Å². The number of Topliss-reactive ketones (excluding diaryl/α,β-unsaturated/α-hetero) is 1. The van der Waals surface area contributed by atoms with Crippen molar-refractivity contribution in [2.45, 2.75) is 26.2 Å². The van der Waals surface area contributed by atoms with Gasteiger partial charge in [0.1, 0.15) is 6.61 Å². The first-order valence-electron chi connectivity index (χ1n) is 9.35. The summed E-state index contributed by atoms with van der Waals surface area (Å²) in [6.45, 7) is 4.81. The summed E-state index contributed by atoms with van der Waals surface area (Å²) in [7, 11) is 0. The standard InChI is InChI=1S/C18H30O11/c1-2-28-17(21)5-6-24-7-8-25-9-10-26-11-12-27-13-14-29-16(20)4-3-15(19)18(22)23/h2-14H2,1H3,(H,22,23). The zero-order valence-corrected chi connectivity index (χ0v) is 16.7. The van der Waals surface area contributed by atoms with E-state index in [-0.39, 0.29) is 38.4 Å². The number of ether oxygens (including phenoxy) is 6. The van der Waals surface area contributed by atoms with Crippen molar-refractivity contribution >= 4 is 23.7 Å². The Kier molecular flexibility index (Phi) is 17.9. The van der Waals surface area contributed by atoms with Crippen LogP contribution in [0.5, 0.6) is 0 Å². The van der Waals surface area contributed by atoms with Crippen molar-refractivity contribution in [1.82, 2.24) is 0 Å². The van der Waals surface area contributed by atoms with Crippen molar-refractivity contribution in [3.63, 3.8) is 0 Å². The molecule has 11 heteroatoms. The molecule has 0 rings (SSSR count). The highest BCUT2D eigenvalue weighted by molar-refractivity contribution is 6.32. The van der Waals surface area contributed by atoms with Gasteiger partial charge in [-0.1, -0.05) is 0 Å². The van der Waals surface area contributed by atoms with Crippen molar-refractivity contribution in [2.75, 3.05) is 66.1 Å². The molecule has 0 aliphatic heterocycles. The van der Waals surface area contributed by atoms with Crippen LogP contribution in [0.3, 0.4) is 0 Å². The van der Waals surface area contributed by atoms with Crippen LogP contribution >= 0.6 is 0 Å². The second-order valence-corrected chi connectivity index (χ2v) is 5.45. The summed E-state index contributed by atoms with van der Waals surface area (Å²) in [4.78, 5) is 43.4. The zero-order valence-electron chi connectivity index (χ0n) is 16.7. The van der Waals surface area contributed by atoms with Crippen LogP contribution < -0.4 is 0 Å². The van der Waals surface area contributed by atoms with Gasteiger partial charge < -0.3 is 33.5 Å². The van der Waals surface area contributed by atoms with Crippen LogP contribution in [0.1, 0.15) is 26.2 Å². The molecule has 0 fully saturated rings. The van der Waals surface area contributed by atoms with Gasteiger partial charge in [0, 0.05) is 6.42 Å². The van der Waals surface area contributed by atoms with Crippen molar-refractivity contribution in [3.8, 4) is 0 Å². The summed E-state index contributed by atoms with van der Waals surface area (Å²) in [5.41, 5.74) is 0. The molecule has 168 valence electrons. The minimum atomic E-state index is -1.56. The van der Waals surface area contributed by atoms with Gasteiger partial charge in [0.05, 0.1) is 72.3 Å². The number of rotatable bonds is 20. The van der Waals surface area contributed by atoms with Crippen LogP contribution in [-0.4, -0.2) is 94.9 Å². The quantitative estimate of drug-likeness (QED) is 0.161. The number of aliphatic carboxylic acids is 1. The summed E-state index contributed by atoms with van der Waals surface area (Å²) in [5.74, 6) is -3.53. The normalized spacial score (nSPS) is 10.5. The number of esters is 2. The van der Waals surface area contributed by atoms with Gasteiger partial charge in [-0.05, 0) is 6.92 Å². The highest BCUT2D eigenvalue weighted by atomic mass is 16.6. The van der Waals surface area contributed by atoms with Gasteiger partial charge in [0.25, 0.3) is 0 Å². The van der Waals surface area contributed by atoms with Crippen LogP contribution in [0.4, 0.5) is 0 Å². The summed E-state index contributed by atoms with van der Waals surface area (Å²) >= 11 is 0. The van der Waals surface area contributed by atoms with E-state index in [4.69, 9.17) is 33.5 Å². The van der Waals surface area contributed by atoms with E-state index in [2.05, 4.69) is 0 Å². The molecule has 0 amide bonds. The molecule has 0 unspecified atom stereocenters. The van der Waals surface area contributed by atoms with E-state index in [1.807, 2.05) is 0 Å². The number of hydrogen-bond acceptors (Lipinski definition) is 10. The number of carbonyl (C=O) groups is 4. The smallest absolute Gasteiger partial charge is 0.372 e. The maximum atomic E-state index is 11.3. The Morgan fingerprint density at radius 3 is 1.52 bits per heavy atom. The molecular formula is C18H30O11. The predicted molar refractivity (Wildman–Crippen MR) is 97.4 cm³/mol. The monoisotopic (exact) mass is 422 g/mol. The summed E-state index contributed by atoms with van der Waals surface area (Å²) in [5, 5.41) is 8.37. The fourth-order valence-electron chi connectivity index (χ4n) is 1.76. The highest BCUT2D eigenvalue weighted by Gasteiger charge is 2.14. The summed E-state index contributed by atoms with van der Waals surface area (Å²) < 4.78 is 30.5. The second-order valence-electron chi connectivity index (χ2n) is 5.45. The first-order valence-corrected chi connectivity index (χ1v) is 9.35. The van der Waals surface area contributed by atoms with Crippen molar-refractivity contribution in [2.24, 2.45) is 0 Å². The van der Waals surface area contributed by atoms with Gasteiger partial charge in [-0.3, -0.25) is 14.4 Å². The molecule has 0 saturated heterocycles. The molecule has 29 heavy (non-hydrogen) atoms. The number of carboxylic acid groups (broad SMARTS) is 1. The Morgan fingerprint density at radius 2 is 1.03 bits per heavy atom. The minimum Gasteiger partial charge on any atom is -0.476 e. The molecule has 0 heterocycles. The Balaban J connectivity index is 3.24. The lowest BCUT2D eigenvalue weighted by Crippen LogP contribution is -2.17. The van der Waals surface area contributed by atoms with Crippen LogP contribution in [0.2, 0.25) is 0 Å². The molecule has 0 spiro atoms. The first-order chi connectivity index (χ1) is 14.0. The van der Waals surface area contributed by atoms with Gasteiger partial charge in [0.2, 0.25) is 5.78 Å². The maximum Gasteiger partial charge on any atom is 0.372 e. The zero-order chi connectivity index (χ0) is 21.7. The third kappa shape index (κ3) is 19.0. The van der Waals surface area contributed by atoms with Gasteiger partial charge in [-0.25, -0.2) is 4.79 Å². The lowest BCUT2D eigenvalue weighted by Gasteiger charge is -2.08. The average molecular weight is 422 g/mol. The average Bonchev–Trinajstić information content (AvgIpc) is 2.69. The third-order valence-electron chi connectivity index (χ3n) is 3.16. The van der Waals surface area contributed by atoms with Crippen LogP contribution in [0.15, 0.2) is 0 Å². The van der Waals surface area contributed by atoms with E-state index in [0.717, 1.165) is 0 Å². The summed E-state index contributed by atoms with van der Waals surface area (Å²) in [6.07, 6.45) is -0.435. The van der Waals surface area contributed by atoms with E-state index >= 15 is 0 Å². The van der Waals surface area contributed by atoms with E-state index in [1.165, 1.54) is 0 Å². The van der Waals surface area contributed by atoms with Crippen LogP contribution in [0, 0.1) is 0 Å². The molecule has 0 saturated carbocycles. The fraction of sp³-hybridized carbons (Fsp3) is 0.778. The van der Waals surface area contributed by atoms with E-state index in [9.17, 15) is 19.2 Å². The van der Waals surface area contributed by atoms with Gasteiger partial charge in [0.15, 0.2) is 0 Å². The van der Waals surface area contributed by atoms with Crippen LogP contribution in [-0.2, 0) is 47.6 Å². The lowest BCUT2D eigenvalue weighted by atomic mass is 10.2. The van der Waals surface area contributed by atoms with Gasteiger partial charge >= 0.3 is 17.9 Å². The Morgan fingerprint density at radius 1 is 0.586 bits per heavy atom. The lowest BCUT2D eigenvalue weighted by molar-refractivity contribution is -0.151. The molecule has 0 aliphatic rings. The number of carboxylic acids is 1. The second kappa shape index (κ2) is 19.2. The molecule has 1 N–H and O–H groups in total. The first kappa shape index (κ1) is 26.9. The van der Waals surface area contributed by atoms with E-state index < -0.39 is 17.7 Å². The molecule has 0 aromatic rings. The fourth-order valence-corrected chi connectivity index (χ4v) is 1.76. The molecule has 0 aliphatic carbocycles.